The maximum absolute atomic E-state index is 12.0. The molecule has 1 aliphatic rings. The van der Waals surface area contributed by atoms with Crippen LogP contribution in [0.2, 0.25) is 0 Å². The van der Waals surface area contributed by atoms with Gasteiger partial charge in [-0.15, -0.1) is 0 Å². The van der Waals surface area contributed by atoms with Gasteiger partial charge in [0, 0.05) is 19.3 Å². The number of rotatable bonds is 6. The van der Waals surface area contributed by atoms with Crippen LogP contribution in [0.3, 0.4) is 0 Å². The number of nitrogens with zero attached hydrogens (tertiary/aromatic N) is 3. The smallest absolute Gasteiger partial charge is 0.239 e. The number of primary amides is 1. The quantitative estimate of drug-likeness (QED) is 0.841. The summed E-state index contributed by atoms with van der Waals surface area (Å²) < 4.78 is 0. The van der Waals surface area contributed by atoms with Crippen LogP contribution in [-0.4, -0.2) is 35.4 Å². The summed E-state index contributed by atoms with van der Waals surface area (Å²) in [4.78, 5) is 18.3. The molecular formula is C19H21N5O. The van der Waals surface area contributed by atoms with E-state index in [0.717, 1.165) is 37.4 Å². The number of pyridine rings is 1. The molecule has 1 saturated heterocycles. The van der Waals surface area contributed by atoms with E-state index in [-0.39, 0.29) is 11.9 Å². The average molecular weight is 335 g/mol. The molecule has 1 fully saturated rings. The molecule has 6 heteroatoms. The Hall–Kier alpha value is -2.91. The molecule has 1 aromatic carbocycles. The van der Waals surface area contributed by atoms with E-state index in [2.05, 4.69) is 21.3 Å². The highest BCUT2D eigenvalue weighted by atomic mass is 16.1. The monoisotopic (exact) mass is 335 g/mol. The largest absolute Gasteiger partial charge is 0.370 e. The standard InChI is InChI=1S/C19H21N5O/c20-10-14-6-7-17(22-11-14)23-12-15-8-9-24(13-15)18(19(21)25)16-4-2-1-3-5-16/h1-7,11,15,18H,8-9,12-13H2,(H2,21,25)(H,22,23)/t15-,18-/m0/s1. The summed E-state index contributed by atoms with van der Waals surface area (Å²) in [5, 5.41) is 12.1. The van der Waals surface area contributed by atoms with E-state index in [0.29, 0.717) is 11.5 Å². The third-order valence-corrected chi connectivity index (χ3v) is 4.53. The van der Waals surface area contributed by atoms with Crippen molar-refractivity contribution in [3.05, 3.63) is 59.8 Å². The molecule has 0 unspecified atom stereocenters. The predicted octanol–water partition coefficient (Wildman–Crippen LogP) is 1.91. The number of nitriles is 1. The minimum Gasteiger partial charge on any atom is -0.370 e. The SMILES string of the molecule is N#Cc1ccc(NC[C@@H]2CCN([C@H](C(N)=O)c3ccccc3)C2)nc1. The molecule has 0 aliphatic carbocycles. The minimum atomic E-state index is -0.376. The van der Waals surface area contributed by atoms with Gasteiger partial charge in [-0.1, -0.05) is 30.3 Å². The van der Waals surface area contributed by atoms with Gasteiger partial charge in [-0.05, 0) is 36.6 Å². The number of hydrogen-bond donors (Lipinski definition) is 2. The van der Waals surface area contributed by atoms with Gasteiger partial charge in [-0.2, -0.15) is 5.26 Å². The molecule has 0 bridgehead atoms. The normalized spacial score (nSPS) is 18.4. The van der Waals surface area contributed by atoms with Gasteiger partial charge in [-0.3, -0.25) is 9.69 Å². The molecule has 1 amide bonds. The first-order valence-electron chi connectivity index (χ1n) is 8.35. The Bertz CT molecular complexity index is 754. The summed E-state index contributed by atoms with van der Waals surface area (Å²) >= 11 is 0. The Morgan fingerprint density at radius 2 is 2.16 bits per heavy atom. The number of likely N-dealkylation sites (tertiary alicyclic amines) is 1. The zero-order valence-electron chi connectivity index (χ0n) is 13.9. The van der Waals surface area contributed by atoms with Crippen molar-refractivity contribution in [3.8, 4) is 6.07 Å². The van der Waals surface area contributed by atoms with Crippen LogP contribution < -0.4 is 11.1 Å². The van der Waals surface area contributed by atoms with Crippen molar-refractivity contribution in [2.24, 2.45) is 11.7 Å². The third kappa shape index (κ3) is 4.14. The van der Waals surface area contributed by atoms with Gasteiger partial charge in [0.1, 0.15) is 17.9 Å². The van der Waals surface area contributed by atoms with Gasteiger partial charge >= 0.3 is 0 Å². The maximum atomic E-state index is 12.0. The number of amides is 1. The number of aromatic nitrogens is 1. The lowest BCUT2D eigenvalue weighted by Crippen LogP contribution is -2.36. The molecule has 3 rings (SSSR count). The number of hydrogen-bond acceptors (Lipinski definition) is 5. The summed E-state index contributed by atoms with van der Waals surface area (Å²) in [6.07, 6.45) is 2.56. The zero-order valence-corrected chi connectivity index (χ0v) is 13.9. The van der Waals surface area contributed by atoms with Gasteiger partial charge in [0.25, 0.3) is 0 Å². The fraction of sp³-hybridized carbons (Fsp3) is 0.316. The lowest BCUT2D eigenvalue weighted by atomic mass is 10.0. The van der Waals surface area contributed by atoms with E-state index in [1.165, 1.54) is 0 Å². The van der Waals surface area contributed by atoms with E-state index < -0.39 is 0 Å². The Labute approximate surface area is 147 Å². The first kappa shape index (κ1) is 16.9. The molecule has 3 N–H and O–H groups in total. The van der Waals surface area contributed by atoms with Crippen LogP contribution in [-0.2, 0) is 4.79 Å². The molecule has 0 spiro atoms. The molecule has 1 aromatic heterocycles. The Kier molecular flexibility index (Phi) is 5.26. The number of carbonyl (C=O) groups is 1. The van der Waals surface area contributed by atoms with Crippen molar-refractivity contribution in [2.45, 2.75) is 12.5 Å². The Morgan fingerprint density at radius 1 is 1.36 bits per heavy atom. The second-order valence-electron chi connectivity index (χ2n) is 6.29. The van der Waals surface area contributed by atoms with E-state index in [4.69, 9.17) is 11.0 Å². The molecule has 1 aliphatic heterocycles. The number of carbonyl (C=O) groups excluding carboxylic acids is 1. The van der Waals surface area contributed by atoms with Crippen LogP contribution in [0.15, 0.2) is 48.7 Å². The summed E-state index contributed by atoms with van der Waals surface area (Å²) in [6.45, 7) is 2.43. The van der Waals surface area contributed by atoms with Crippen LogP contribution in [0.4, 0.5) is 5.82 Å². The van der Waals surface area contributed by atoms with Gasteiger partial charge in [0.05, 0.1) is 5.56 Å². The van der Waals surface area contributed by atoms with Crippen molar-refractivity contribution in [3.63, 3.8) is 0 Å². The molecule has 2 heterocycles. The first-order valence-corrected chi connectivity index (χ1v) is 8.35. The van der Waals surface area contributed by atoms with Crippen molar-refractivity contribution in [1.82, 2.24) is 9.88 Å². The maximum Gasteiger partial charge on any atom is 0.239 e. The molecular weight excluding hydrogens is 314 g/mol. The second kappa shape index (κ2) is 7.77. The van der Waals surface area contributed by atoms with Crippen molar-refractivity contribution >= 4 is 11.7 Å². The van der Waals surface area contributed by atoms with E-state index >= 15 is 0 Å². The molecule has 2 aromatic rings. The van der Waals surface area contributed by atoms with Crippen molar-refractivity contribution in [2.75, 3.05) is 25.0 Å². The Morgan fingerprint density at radius 3 is 2.80 bits per heavy atom. The number of anilines is 1. The predicted molar refractivity (Wildman–Crippen MR) is 95.5 cm³/mol. The summed E-state index contributed by atoms with van der Waals surface area (Å²) in [5.41, 5.74) is 7.14. The summed E-state index contributed by atoms with van der Waals surface area (Å²) in [7, 11) is 0. The molecule has 2 atom stereocenters. The minimum absolute atomic E-state index is 0.312. The number of nitrogens with two attached hydrogens (primary N) is 1. The van der Waals surface area contributed by atoms with E-state index in [1.54, 1.807) is 18.3 Å². The van der Waals surface area contributed by atoms with Gasteiger partial charge in [-0.25, -0.2) is 4.98 Å². The van der Waals surface area contributed by atoms with Crippen molar-refractivity contribution < 1.29 is 4.79 Å². The average Bonchev–Trinajstić information content (AvgIpc) is 3.09. The fourth-order valence-corrected chi connectivity index (χ4v) is 3.27. The van der Waals surface area contributed by atoms with E-state index in [9.17, 15) is 4.79 Å². The zero-order chi connectivity index (χ0) is 17.6. The topological polar surface area (TPSA) is 95.0 Å². The first-order chi connectivity index (χ1) is 12.2. The van der Waals surface area contributed by atoms with Gasteiger partial charge in [0.2, 0.25) is 5.91 Å². The fourth-order valence-electron chi connectivity index (χ4n) is 3.27. The highest BCUT2D eigenvalue weighted by molar-refractivity contribution is 5.81. The van der Waals surface area contributed by atoms with Crippen molar-refractivity contribution in [1.29, 1.82) is 5.26 Å². The summed E-state index contributed by atoms with van der Waals surface area (Å²) in [6, 6.07) is 14.9. The molecule has 25 heavy (non-hydrogen) atoms. The van der Waals surface area contributed by atoms with Crippen LogP contribution in [0, 0.1) is 17.2 Å². The highest BCUT2D eigenvalue weighted by Crippen LogP contribution is 2.27. The molecule has 0 saturated carbocycles. The second-order valence-corrected chi connectivity index (χ2v) is 6.29. The molecule has 6 nitrogen and oxygen atoms in total. The van der Waals surface area contributed by atoms with Crippen LogP contribution in [0.5, 0.6) is 0 Å². The van der Waals surface area contributed by atoms with Crippen LogP contribution in [0.25, 0.3) is 0 Å². The number of nitrogens with one attached hydrogen (secondary N) is 1. The number of benzene rings is 1. The highest BCUT2D eigenvalue weighted by Gasteiger charge is 2.32. The molecule has 0 radical (unpaired) electrons. The Balaban J connectivity index is 1.58. The lowest BCUT2D eigenvalue weighted by Gasteiger charge is -2.25. The molecule has 128 valence electrons. The lowest BCUT2D eigenvalue weighted by molar-refractivity contribution is -0.123. The van der Waals surface area contributed by atoms with Gasteiger partial charge < -0.3 is 11.1 Å². The van der Waals surface area contributed by atoms with Crippen LogP contribution >= 0.6 is 0 Å². The van der Waals surface area contributed by atoms with Crippen LogP contribution in [0.1, 0.15) is 23.6 Å². The third-order valence-electron chi connectivity index (χ3n) is 4.53. The van der Waals surface area contributed by atoms with E-state index in [1.807, 2.05) is 30.3 Å². The summed E-state index contributed by atoms with van der Waals surface area (Å²) in [5.74, 6) is 0.864. The van der Waals surface area contributed by atoms with Gasteiger partial charge in [0.15, 0.2) is 0 Å².